The fraction of sp³-hybridized carbons (Fsp3) is 0.875. The Labute approximate surface area is 339 Å². The van der Waals surface area contributed by atoms with Crippen LogP contribution in [0.5, 0.6) is 11.8 Å². The second kappa shape index (κ2) is 33.9. The molecule has 1 aromatic heterocycles. The van der Waals surface area contributed by atoms with E-state index in [0.717, 1.165) is 57.8 Å². The molecule has 0 radical (unpaired) electrons. The van der Waals surface area contributed by atoms with Crippen molar-refractivity contribution in [1.82, 2.24) is 9.88 Å². The fourth-order valence-electron chi connectivity index (χ4n) is 8.27. The third-order valence-electron chi connectivity index (χ3n) is 12.3. The molecule has 0 aliphatic rings. The molecule has 3 unspecified atom stereocenters. The molecular formula is C48H90N2O5. The van der Waals surface area contributed by atoms with Crippen molar-refractivity contribution in [2.45, 2.75) is 247 Å². The van der Waals surface area contributed by atoms with Crippen LogP contribution in [0.15, 0.2) is 0 Å². The Kier molecular flexibility index (Phi) is 31.3. The molecule has 7 nitrogen and oxygen atoms in total. The van der Waals surface area contributed by atoms with Gasteiger partial charge in [-0.15, -0.1) is 0 Å². The second-order valence-corrected chi connectivity index (χ2v) is 17.1. The average Bonchev–Trinajstić information content (AvgIpc) is 3.39. The number of nitrogens with one attached hydrogen (secondary N) is 1. The van der Waals surface area contributed by atoms with Gasteiger partial charge in [-0.1, -0.05) is 214 Å². The molecule has 0 aliphatic carbocycles. The maximum Gasteiger partial charge on any atom is 0.307 e. The number of aliphatic carboxylic acids is 1. The number of carboxylic acids is 1. The lowest BCUT2D eigenvalue weighted by molar-refractivity contribution is -0.146. The number of hydrogen-bond donors (Lipinski definition) is 4. The third kappa shape index (κ3) is 23.0. The lowest BCUT2D eigenvalue weighted by atomic mass is 9.84. The van der Waals surface area contributed by atoms with Gasteiger partial charge in [0, 0.05) is 30.1 Å². The van der Waals surface area contributed by atoms with Gasteiger partial charge in [-0.25, -0.2) is 0 Å². The minimum atomic E-state index is -1.04. The Morgan fingerprint density at radius 2 is 0.927 bits per heavy atom. The standard InChI is InChI=1S/C48H90N2O5/c1-6-10-13-16-19-22-24-27-30-33-36-49-45(51)40(5)42(48(54)55)39-44-43(38-41(9-4)35-32-29-26-21-18-15-12-8-3)46(52)50(47(44)53)37-34-31-28-25-23-20-17-14-11-7-2/h40-42,52-53H,6-39H2,1-5H3,(H,49,51)(H,54,55). The Morgan fingerprint density at radius 1 is 0.545 bits per heavy atom. The Bertz CT molecular complexity index is 1080. The highest BCUT2D eigenvalue weighted by molar-refractivity contribution is 5.84. The predicted molar refractivity (Wildman–Crippen MR) is 233 cm³/mol. The second-order valence-electron chi connectivity index (χ2n) is 17.1. The molecule has 1 amide bonds. The van der Waals surface area contributed by atoms with Crippen molar-refractivity contribution in [3.63, 3.8) is 0 Å². The Hall–Kier alpha value is -2.18. The normalized spacial score (nSPS) is 13.3. The van der Waals surface area contributed by atoms with E-state index in [9.17, 15) is 24.9 Å². The number of rotatable bonds is 39. The molecule has 322 valence electrons. The smallest absolute Gasteiger partial charge is 0.307 e. The number of hydrogen-bond acceptors (Lipinski definition) is 4. The largest absolute Gasteiger partial charge is 0.494 e. The summed E-state index contributed by atoms with van der Waals surface area (Å²) in [4.78, 5) is 26.0. The molecule has 0 saturated heterocycles. The molecule has 3 atom stereocenters. The van der Waals surface area contributed by atoms with Crippen molar-refractivity contribution in [3.8, 4) is 11.8 Å². The van der Waals surface area contributed by atoms with Crippen LogP contribution in [0.4, 0.5) is 0 Å². The number of carbonyl (C=O) groups excluding carboxylic acids is 1. The molecule has 1 rings (SSSR count). The zero-order valence-electron chi connectivity index (χ0n) is 36.9. The van der Waals surface area contributed by atoms with E-state index in [4.69, 9.17) is 0 Å². The van der Waals surface area contributed by atoms with E-state index in [1.165, 1.54) is 135 Å². The van der Waals surface area contributed by atoms with Crippen LogP contribution in [0, 0.1) is 17.8 Å². The Balaban J connectivity index is 2.91. The molecule has 7 heteroatoms. The number of carboxylic acid groups (broad SMARTS) is 1. The summed E-state index contributed by atoms with van der Waals surface area (Å²) >= 11 is 0. The highest BCUT2D eigenvalue weighted by Crippen LogP contribution is 2.39. The minimum absolute atomic E-state index is 0.0189. The van der Waals surface area contributed by atoms with Gasteiger partial charge in [0.15, 0.2) is 11.8 Å². The summed E-state index contributed by atoms with van der Waals surface area (Å²) in [6.45, 7) is 11.7. The number of nitrogens with zero attached hydrogens (tertiary/aromatic N) is 1. The summed E-state index contributed by atoms with van der Waals surface area (Å²) in [5, 5.41) is 36.7. The summed E-state index contributed by atoms with van der Waals surface area (Å²) in [6.07, 6.45) is 37.0. The zero-order valence-corrected chi connectivity index (χ0v) is 36.9. The molecule has 0 bridgehead atoms. The molecule has 1 heterocycles. The molecule has 4 N–H and O–H groups in total. The van der Waals surface area contributed by atoms with Gasteiger partial charge < -0.3 is 20.6 Å². The lowest BCUT2D eigenvalue weighted by Gasteiger charge is -2.21. The van der Waals surface area contributed by atoms with Crippen molar-refractivity contribution in [2.24, 2.45) is 17.8 Å². The van der Waals surface area contributed by atoms with Gasteiger partial charge in [-0.2, -0.15) is 0 Å². The van der Waals surface area contributed by atoms with E-state index in [1.54, 1.807) is 11.5 Å². The highest BCUT2D eigenvalue weighted by atomic mass is 16.4. The number of unbranched alkanes of at least 4 members (excludes halogenated alkanes) is 25. The van der Waals surface area contributed by atoms with Crippen molar-refractivity contribution >= 4 is 11.9 Å². The Morgan fingerprint density at radius 3 is 1.35 bits per heavy atom. The van der Waals surface area contributed by atoms with Crippen LogP contribution in [-0.2, 0) is 29.0 Å². The van der Waals surface area contributed by atoms with Crippen molar-refractivity contribution < 1.29 is 24.9 Å². The summed E-state index contributed by atoms with van der Waals surface area (Å²) in [5.41, 5.74) is 1.20. The number of carbonyl (C=O) groups is 2. The minimum Gasteiger partial charge on any atom is -0.494 e. The van der Waals surface area contributed by atoms with Crippen LogP contribution in [-0.4, -0.2) is 38.3 Å². The predicted octanol–water partition coefficient (Wildman–Crippen LogP) is 13.8. The van der Waals surface area contributed by atoms with Crippen LogP contribution in [0.1, 0.15) is 238 Å². The average molecular weight is 775 g/mol. The first-order valence-electron chi connectivity index (χ1n) is 23.9. The van der Waals surface area contributed by atoms with Crippen LogP contribution < -0.4 is 5.32 Å². The summed E-state index contributed by atoms with van der Waals surface area (Å²) in [6, 6.07) is 0. The summed E-state index contributed by atoms with van der Waals surface area (Å²) in [5.74, 6) is -2.66. The molecule has 1 aromatic rings. The molecule has 0 aliphatic heterocycles. The van der Waals surface area contributed by atoms with Gasteiger partial charge in [0.05, 0.1) is 5.92 Å². The van der Waals surface area contributed by atoms with Gasteiger partial charge in [0.2, 0.25) is 5.91 Å². The van der Waals surface area contributed by atoms with Crippen molar-refractivity contribution in [1.29, 1.82) is 0 Å². The molecule has 0 aromatic carbocycles. The topological polar surface area (TPSA) is 112 Å². The highest BCUT2D eigenvalue weighted by Gasteiger charge is 2.34. The maximum atomic E-state index is 13.3. The molecule has 55 heavy (non-hydrogen) atoms. The molecule has 0 spiro atoms. The van der Waals surface area contributed by atoms with E-state index in [1.807, 2.05) is 0 Å². The first-order chi connectivity index (χ1) is 26.7. The van der Waals surface area contributed by atoms with E-state index in [-0.39, 0.29) is 24.1 Å². The first kappa shape index (κ1) is 50.8. The van der Waals surface area contributed by atoms with Crippen LogP contribution >= 0.6 is 0 Å². The van der Waals surface area contributed by atoms with Crippen LogP contribution in [0.3, 0.4) is 0 Å². The number of aromatic hydroxyl groups is 2. The molecule has 0 fully saturated rings. The SMILES string of the molecule is CCCCCCCCCCCCNC(=O)C(C)C(Cc1c(CC(CC)CCCCCCCCCC)c(O)n(CCCCCCCCCCCC)c1O)C(=O)O. The first-order valence-corrected chi connectivity index (χ1v) is 23.9. The van der Waals surface area contributed by atoms with Gasteiger partial charge in [0.25, 0.3) is 0 Å². The van der Waals surface area contributed by atoms with E-state index in [2.05, 4.69) is 33.0 Å². The van der Waals surface area contributed by atoms with Crippen LogP contribution in [0.25, 0.3) is 0 Å². The number of aromatic nitrogens is 1. The van der Waals surface area contributed by atoms with Crippen LogP contribution in [0.2, 0.25) is 0 Å². The van der Waals surface area contributed by atoms with Crippen molar-refractivity contribution in [2.75, 3.05) is 6.54 Å². The fourth-order valence-corrected chi connectivity index (χ4v) is 8.27. The number of amides is 1. The summed E-state index contributed by atoms with van der Waals surface area (Å²) in [7, 11) is 0. The van der Waals surface area contributed by atoms with Crippen molar-refractivity contribution in [3.05, 3.63) is 11.1 Å². The van der Waals surface area contributed by atoms with Gasteiger partial charge in [-0.3, -0.25) is 14.2 Å². The molecular weight excluding hydrogens is 685 g/mol. The van der Waals surface area contributed by atoms with Gasteiger partial charge in [-0.05, 0) is 31.6 Å². The summed E-state index contributed by atoms with van der Waals surface area (Å²) < 4.78 is 1.62. The maximum absolute atomic E-state index is 13.3. The zero-order chi connectivity index (χ0) is 40.5. The van der Waals surface area contributed by atoms with Gasteiger partial charge in [0.1, 0.15) is 0 Å². The van der Waals surface area contributed by atoms with Gasteiger partial charge >= 0.3 is 5.97 Å². The lowest BCUT2D eigenvalue weighted by Crippen LogP contribution is -2.37. The van der Waals surface area contributed by atoms with E-state index < -0.39 is 17.8 Å². The third-order valence-corrected chi connectivity index (χ3v) is 12.3. The quantitative estimate of drug-likeness (QED) is 0.0498. The van der Waals surface area contributed by atoms with E-state index in [0.29, 0.717) is 36.6 Å². The monoisotopic (exact) mass is 775 g/mol. The molecule has 0 saturated carbocycles. The van der Waals surface area contributed by atoms with E-state index >= 15 is 0 Å².